The maximum Gasteiger partial charge on any atom is 0.248 e. The number of allylic oxidation sites excluding steroid dienone is 3. The predicted molar refractivity (Wildman–Crippen MR) is 105 cm³/mol. The summed E-state index contributed by atoms with van der Waals surface area (Å²) in [5.74, 6) is -0.476. The van der Waals surface area contributed by atoms with Crippen LogP contribution in [0.15, 0.2) is 35.9 Å². The van der Waals surface area contributed by atoms with Crippen LogP contribution in [-0.4, -0.2) is 22.5 Å². The van der Waals surface area contributed by atoms with E-state index in [1.54, 1.807) is 19.1 Å². The number of hydrogen-bond donors (Lipinski definition) is 3. The second-order valence-corrected chi connectivity index (χ2v) is 7.62. The Morgan fingerprint density at radius 2 is 2.19 bits per heavy atom. The highest BCUT2D eigenvalue weighted by molar-refractivity contribution is 7.11. The summed E-state index contributed by atoms with van der Waals surface area (Å²) in [5, 5.41) is 12.9. The number of nitrogens with one attached hydrogen (secondary N) is 1. The third-order valence-electron chi connectivity index (χ3n) is 4.59. The second kappa shape index (κ2) is 8.12. The van der Waals surface area contributed by atoms with Crippen LogP contribution in [0.3, 0.4) is 0 Å². The maximum absolute atomic E-state index is 13.8. The van der Waals surface area contributed by atoms with Gasteiger partial charge in [0.2, 0.25) is 5.91 Å². The van der Waals surface area contributed by atoms with Crippen LogP contribution >= 0.6 is 11.3 Å². The lowest BCUT2D eigenvalue weighted by Gasteiger charge is -2.15. The van der Waals surface area contributed by atoms with Crippen molar-refractivity contribution in [1.29, 1.82) is 0 Å². The highest BCUT2D eigenvalue weighted by atomic mass is 32.1. The molecule has 4 N–H and O–H groups in total. The highest BCUT2D eigenvalue weighted by Crippen LogP contribution is 2.30. The molecule has 0 bridgehead atoms. The van der Waals surface area contributed by atoms with Gasteiger partial charge in [0.25, 0.3) is 0 Å². The molecule has 1 unspecified atom stereocenters. The van der Waals surface area contributed by atoms with Crippen molar-refractivity contribution in [2.24, 2.45) is 5.73 Å². The van der Waals surface area contributed by atoms with E-state index in [0.29, 0.717) is 22.6 Å². The summed E-state index contributed by atoms with van der Waals surface area (Å²) >= 11 is 1.35. The topological polar surface area (TPSA) is 88.2 Å². The van der Waals surface area contributed by atoms with Gasteiger partial charge in [0.05, 0.1) is 23.2 Å². The molecule has 0 aliphatic heterocycles. The molecule has 3 rings (SSSR count). The fourth-order valence-corrected chi connectivity index (χ4v) is 3.88. The molecule has 0 fully saturated rings. The van der Waals surface area contributed by atoms with Gasteiger partial charge in [-0.3, -0.25) is 4.79 Å². The first kappa shape index (κ1) is 19.4. The molecule has 5 nitrogen and oxygen atoms in total. The standard InChI is InChI=1S/C20H22FN3O2S/c1-11-3-4-14(8-16(11)21)13-5-6-15(7-13)19(26)24-17(9-22)20-23-12(2)18(10-25)27-20/h3-6,8,17,25H,7,9-10,22H2,1-2H3,(H,24,26). The number of aliphatic hydroxyl groups excluding tert-OH is 1. The molecule has 142 valence electrons. The van der Waals surface area contributed by atoms with Gasteiger partial charge in [0.1, 0.15) is 10.8 Å². The van der Waals surface area contributed by atoms with Crippen LogP contribution in [0.25, 0.3) is 5.57 Å². The van der Waals surface area contributed by atoms with Crippen molar-refractivity contribution in [2.75, 3.05) is 6.54 Å². The summed E-state index contributed by atoms with van der Waals surface area (Å²) in [7, 11) is 0. The summed E-state index contributed by atoms with van der Waals surface area (Å²) in [6.45, 7) is 3.66. The number of halogens is 1. The third kappa shape index (κ3) is 4.16. The Kier molecular flexibility index (Phi) is 5.84. The summed E-state index contributed by atoms with van der Waals surface area (Å²) in [6, 6.07) is 4.67. The number of thiazole rings is 1. The van der Waals surface area contributed by atoms with Crippen molar-refractivity contribution in [2.45, 2.75) is 32.9 Å². The van der Waals surface area contributed by atoms with Crippen molar-refractivity contribution in [3.05, 3.63) is 68.4 Å². The van der Waals surface area contributed by atoms with Gasteiger partial charge < -0.3 is 16.2 Å². The lowest BCUT2D eigenvalue weighted by Crippen LogP contribution is -2.34. The van der Waals surface area contributed by atoms with E-state index in [2.05, 4.69) is 10.3 Å². The Morgan fingerprint density at radius 1 is 1.41 bits per heavy atom. The Labute approximate surface area is 161 Å². The number of carbonyl (C=O) groups excluding carboxylic acids is 1. The number of hydrogen-bond acceptors (Lipinski definition) is 5. The molecule has 2 aromatic rings. The minimum Gasteiger partial charge on any atom is -0.391 e. The monoisotopic (exact) mass is 387 g/mol. The molecular weight excluding hydrogens is 365 g/mol. The molecule has 27 heavy (non-hydrogen) atoms. The van der Waals surface area contributed by atoms with E-state index in [4.69, 9.17) is 5.73 Å². The second-order valence-electron chi connectivity index (χ2n) is 6.51. The normalized spacial score (nSPS) is 14.7. The first-order valence-corrected chi connectivity index (χ1v) is 9.48. The van der Waals surface area contributed by atoms with Crippen molar-refractivity contribution in [3.63, 3.8) is 0 Å². The molecule has 1 aliphatic carbocycles. The van der Waals surface area contributed by atoms with Gasteiger partial charge in [-0.25, -0.2) is 9.37 Å². The molecule has 1 atom stereocenters. The van der Waals surface area contributed by atoms with E-state index in [0.717, 1.165) is 21.7 Å². The zero-order valence-corrected chi connectivity index (χ0v) is 16.1. The average Bonchev–Trinajstić information content (AvgIpc) is 3.28. The quantitative estimate of drug-likeness (QED) is 0.711. The lowest BCUT2D eigenvalue weighted by atomic mass is 10.0. The largest absolute Gasteiger partial charge is 0.391 e. The highest BCUT2D eigenvalue weighted by Gasteiger charge is 2.22. The summed E-state index contributed by atoms with van der Waals surface area (Å²) < 4.78 is 13.8. The molecule has 1 aliphatic rings. The Balaban J connectivity index is 1.67. The van der Waals surface area contributed by atoms with Crippen molar-refractivity contribution < 1.29 is 14.3 Å². The van der Waals surface area contributed by atoms with Crippen molar-refractivity contribution in [1.82, 2.24) is 10.3 Å². The zero-order valence-electron chi connectivity index (χ0n) is 15.3. The lowest BCUT2D eigenvalue weighted by molar-refractivity contribution is -0.118. The van der Waals surface area contributed by atoms with Gasteiger partial charge in [-0.1, -0.05) is 24.3 Å². The summed E-state index contributed by atoms with van der Waals surface area (Å²) in [4.78, 5) is 17.8. The van der Waals surface area contributed by atoms with Crippen molar-refractivity contribution >= 4 is 22.8 Å². The summed E-state index contributed by atoms with van der Waals surface area (Å²) in [5.41, 5.74) is 9.43. The van der Waals surface area contributed by atoms with Crippen molar-refractivity contribution in [3.8, 4) is 0 Å². The van der Waals surface area contributed by atoms with E-state index < -0.39 is 6.04 Å². The number of amides is 1. The molecule has 0 radical (unpaired) electrons. The minimum absolute atomic E-state index is 0.0831. The first-order chi connectivity index (χ1) is 12.9. The molecule has 0 saturated carbocycles. The Hall–Kier alpha value is -2.35. The smallest absolute Gasteiger partial charge is 0.248 e. The number of nitrogens with two attached hydrogens (primary N) is 1. The predicted octanol–water partition coefficient (Wildman–Crippen LogP) is 2.92. The molecular formula is C20H22FN3O2S. The van der Waals surface area contributed by atoms with E-state index in [9.17, 15) is 14.3 Å². The number of benzene rings is 1. The van der Waals surface area contributed by atoms with E-state index in [1.807, 2.05) is 19.1 Å². The van der Waals surface area contributed by atoms with Gasteiger partial charge in [0, 0.05) is 18.5 Å². The number of nitrogens with zero attached hydrogens (tertiary/aromatic N) is 1. The molecule has 7 heteroatoms. The van der Waals surface area contributed by atoms with Crippen LogP contribution in [0.4, 0.5) is 4.39 Å². The molecule has 1 amide bonds. The number of carbonyl (C=O) groups is 1. The molecule has 0 spiro atoms. The van der Waals surface area contributed by atoms with Crippen LogP contribution in [-0.2, 0) is 11.4 Å². The molecule has 1 aromatic heterocycles. The SMILES string of the molecule is Cc1ccc(C2=CC=C(C(=O)NC(CN)c3nc(C)c(CO)s3)C2)cc1F. The number of rotatable bonds is 6. The fourth-order valence-electron chi connectivity index (χ4n) is 2.89. The zero-order chi connectivity index (χ0) is 19.6. The van der Waals surface area contributed by atoms with Crippen LogP contribution in [0.2, 0.25) is 0 Å². The van der Waals surface area contributed by atoms with Gasteiger partial charge in [-0.2, -0.15) is 0 Å². The average molecular weight is 387 g/mol. The Morgan fingerprint density at radius 3 is 2.81 bits per heavy atom. The number of aromatic nitrogens is 1. The third-order valence-corrected chi connectivity index (χ3v) is 5.85. The Bertz CT molecular complexity index is 933. The fraction of sp³-hybridized carbons (Fsp3) is 0.300. The molecule has 1 heterocycles. The maximum atomic E-state index is 13.8. The van der Waals surface area contributed by atoms with Crippen LogP contribution in [0, 0.1) is 19.7 Å². The minimum atomic E-state index is -0.414. The van der Waals surface area contributed by atoms with E-state index in [-0.39, 0.29) is 24.9 Å². The van der Waals surface area contributed by atoms with Gasteiger partial charge in [0.15, 0.2) is 0 Å². The van der Waals surface area contributed by atoms with E-state index >= 15 is 0 Å². The molecule has 0 saturated heterocycles. The summed E-state index contributed by atoms with van der Waals surface area (Å²) in [6.07, 6.45) is 4.03. The van der Waals surface area contributed by atoms with Crippen LogP contribution in [0.1, 0.15) is 39.2 Å². The van der Waals surface area contributed by atoms with E-state index in [1.165, 1.54) is 17.4 Å². The van der Waals surface area contributed by atoms with Gasteiger partial charge >= 0.3 is 0 Å². The first-order valence-electron chi connectivity index (χ1n) is 8.67. The van der Waals surface area contributed by atoms with Crippen LogP contribution < -0.4 is 11.1 Å². The van der Waals surface area contributed by atoms with Crippen LogP contribution in [0.5, 0.6) is 0 Å². The van der Waals surface area contributed by atoms with Gasteiger partial charge in [-0.05, 0) is 36.6 Å². The number of aryl methyl sites for hydroxylation is 2. The van der Waals surface area contributed by atoms with Gasteiger partial charge in [-0.15, -0.1) is 11.3 Å². The number of aliphatic hydroxyl groups is 1. The molecule has 1 aromatic carbocycles.